The van der Waals surface area contributed by atoms with E-state index in [9.17, 15) is 20.4 Å². The molecule has 9 nitrogen and oxygen atoms in total. The molecule has 23 heavy (non-hydrogen) atoms. The molecule has 1 aliphatic carbocycles. The van der Waals surface area contributed by atoms with E-state index in [1.165, 1.54) is 0 Å². The molecule has 3 fully saturated rings. The van der Waals surface area contributed by atoms with Gasteiger partial charge in [-0.05, 0) is 21.0 Å². The molecule has 2 aliphatic heterocycles. The minimum atomic E-state index is -2.03. The molecule has 134 valence electrons. The van der Waals surface area contributed by atoms with Crippen LogP contribution in [-0.2, 0) is 14.2 Å². The highest BCUT2D eigenvalue weighted by molar-refractivity contribution is 5.09. The number of likely N-dealkylation sites (N-methyl/N-ethyl adjacent to an activating group) is 2. The minimum absolute atomic E-state index is 0.197. The number of ether oxygens (including phenoxy) is 3. The Bertz CT molecular complexity index is 441. The summed E-state index contributed by atoms with van der Waals surface area (Å²) >= 11 is 0. The molecule has 3 rings (SSSR count). The minimum Gasteiger partial charge on any atom is -0.390 e. The molecule has 0 radical (unpaired) electrons. The average Bonchev–Trinajstić information content (AvgIpc) is 2.49. The van der Waals surface area contributed by atoms with Crippen LogP contribution in [0.5, 0.6) is 0 Å². The van der Waals surface area contributed by atoms with Gasteiger partial charge in [-0.15, -0.1) is 0 Å². The topological polar surface area (TPSA) is 133 Å². The standard InChI is InChI=1S/C14H26N2O7/c1-5-4-6(17)14(20)13(21-5)22-12-10(19)7(15-2)9(18)8(16-3)11(12)23-14/h5-13,15-20H,4H2,1-3H3/t5-,6-,7-,8+,9+,10+,11-,12-,13+,14+/m1/s1. The second-order valence-electron chi connectivity index (χ2n) is 6.58. The zero-order valence-corrected chi connectivity index (χ0v) is 13.4. The van der Waals surface area contributed by atoms with Crippen LogP contribution in [-0.4, -0.2) is 95.3 Å². The fourth-order valence-corrected chi connectivity index (χ4v) is 3.83. The second kappa shape index (κ2) is 6.17. The molecular weight excluding hydrogens is 308 g/mol. The van der Waals surface area contributed by atoms with Crippen LogP contribution >= 0.6 is 0 Å². The third kappa shape index (κ3) is 2.60. The van der Waals surface area contributed by atoms with E-state index < -0.39 is 54.7 Å². The molecule has 0 aromatic rings. The quantitative estimate of drug-likeness (QED) is 0.310. The number of fused-ring (bicyclic) bond motifs is 2. The maximum Gasteiger partial charge on any atom is 0.245 e. The lowest BCUT2D eigenvalue weighted by molar-refractivity contribution is -0.462. The van der Waals surface area contributed by atoms with Gasteiger partial charge in [0.1, 0.15) is 24.4 Å². The van der Waals surface area contributed by atoms with Crippen LogP contribution < -0.4 is 10.6 Å². The first kappa shape index (κ1) is 17.5. The normalized spacial score (nSPS) is 56.7. The predicted octanol–water partition coefficient (Wildman–Crippen LogP) is -3.13. The molecule has 10 atom stereocenters. The number of hydrogen-bond acceptors (Lipinski definition) is 9. The Balaban J connectivity index is 1.91. The molecule has 0 bridgehead atoms. The van der Waals surface area contributed by atoms with E-state index in [-0.39, 0.29) is 12.5 Å². The van der Waals surface area contributed by atoms with Gasteiger partial charge >= 0.3 is 0 Å². The van der Waals surface area contributed by atoms with E-state index in [1.807, 2.05) is 0 Å². The number of rotatable bonds is 2. The van der Waals surface area contributed by atoms with Crippen molar-refractivity contribution in [2.45, 2.75) is 74.1 Å². The number of aliphatic hydroxyl groups is 4. The van der Waals surface area contributed by atoms with Crippen LogP contribution in [0.4, 0.5) is 0 Å². The van der Waals surface area contributed by atoms with Gasteiger partial charge in [0.05, 0.1) is 24.3 Å². The SMILES string of the molecule is CN[C@@H]1[C@H](O)[C@H](NC)[C@H]2O[C@]3(O)[C@H](O[C@@H]2[C@H]1O)O[C@H](C)C[C@H]3O. The summed E-state index contributed by atoms with van der Waals surface area (Å²) in [5, 5.41) is 47.7. The van der Waals surface area contributed by atoms with Crippen LogP contribution in [0.3, 0.4) is 0 Å². The molecule has 0 aromatic heterocycles. The first-order chi connectivity index (χ1) is 10.8. The smallest absolute Gasteiger partial charge is 0.245 e. The largest absolute Gasteiger partial charge is 0.390 e. The van der Waals surface area contributed by atoms with Crippen LogP contribution in [0.1, 0.15) is 13.3 Å². The Morgan fingerprint density at radius 1 is 0.957 bits per heavy atom. The van der Waals surface area contributed by atoms with Crippen molar-refractivity contribution in [2.75, 3.05) is 14.1 Å². The molecule has 2 heterocycles. The van der Waals surface area contributed by atoms with E-state index >= 15 is 0 Å². The number of hydrogen-bond donors (Lipinski definition) is 6. The Labute approximate surface area is 134 Å². The molecule has 0 unspecified atom stereocenters. The molecule has 2 saturated heterocycles. The van der Waals surface area contributed by atoms with E-state index in [1.54, 1.807) is 21.0 Å². The summed E-state index contributed by atoms with van der Waals surface area (Å²) in [6.07, 6.45) is -6.21. The fourth-order valence-electron chi connectivity index (χ4n) is 3.83. The fraction of sp³-hybridized carbons (Fsp3) is 1.00. The zero-order valence-electron chi connectivity index (χ0n) is 13.4. The molecular formula is C14H26N2O7. The Kier molecular flexibility index (Phi) is 4.69. The number of nitrogens with one attached hydrogen (secondary N) is 2. The van der Waals surface area contributed by atoms with Gasteiger partial charge in [0.2, 0.25) is 12.1 Å². The van der Waals surface area contributed by atoms with Gasteiger partial charge in [-0.3, -0.25) is 0 Å². The lowest BCUT2D eigenvalue weighted by Crippen LogP contribution is -2.78. The lowest BCUT2D eigenvalue weighted by Gasteiger charge is -2.57. The molecule has 0 aromatic carbocycles. The summed E-state index contributed by atoms with van der Waals surface area (Å²) in [5.74, 6) is -2.03. The monoisotopic (exact) mass is 334 g/mol. The maximum absolute atomic E-state index is 10.7. The van der Waals surface area contributed by atoms with Gasteiger partial charge in [-0.1, -0.05) is 0 Å². The summed E-state index contributed by atoms with van der Waals surface area (Å²) in [7, 11) is 3.28. The van der Waals surface area contributed by atoms with Gasteiger partial charge in [0.15, 0.2) is 0 Å². The summed E-state index contributed by atoms with van der Waals surface area (Å²) in [6, 6.07) is -1.23. The van der Waals surface area contributed by atoms with Gasteiger partial charge in [-0.2, -0.15) is 0 Å². The van der Waals surface area contributed by atoms with Crippen molar-refractivity contribution in [2.24, 2.45) is 0 Å². The first-order valence-electron chi connectivity index (χ1n) is 7.93. The van der Waals surface area contributed by atoms with Crippen molar-refractivity contribution >= 4 is 0 Å². The third-order valence-electron chi connectivity index (χ3n) is 5.12. The van der Waals surface area contributed by atoms with E-state index in [0.717, 1.165) is 0 Å². The Morgan fingerprint density at radius 3 is 2.22 bits per heavy atom. The van der Waals surface area contributed by atoms with Gasteiger partial charge < -0.3 is 45.3 Å². The number of aliphatic hydroxyl groups excluding tert-OH is 3. The summed E-state index contributed by atoms with van der Waals surface area (Å²) in [4.78, 5) is 0. The van der Waals surface area contributed by atoms with Crippen molar-refractivity contribution in [3.8, 4) is 0 Å². The highest BCUT2D eigenvalue weighted by Gasteiger charge is 2.63. The molecule has 1 saturated carbocycles. The predicted molar refractivity (Wildman–Crippen MR) is 77.4 cm³/mol. The Hall–Kier alpha value is -0.360. The molecule has 0 amide bonds. The summed E-state index contributed by atoms with van der Waals surface area (Å²) in [6.45, 7) is 1.76. The maximum atomic E-state index is 10.7. The van der Waals surface area contributed by atoms with Crippen LogP contribution in [0.15, 0.2) is 0 Å². The molecule has 3 aliphatic rings. The van der Waals surface area contributed by atoms with Gasteiger partial charge in [0.25, 0.3) is 0 Å². The summed E-state index contributed by atoms with van der Waals surface area (Å²) < 4.78 is 17.0. The van der Waals surface area contributed by atoms with Gasteiger partial charge in [-0.25, -0.2) is 0 Å². The van der Waals surface area contributed by atoms with Gasteiger partial charge in [0, 0.05) is 6.42 Å². The second-order valence-corrected chi connectivity index (χ2v) is 6.58. The molecule has 6 N–H and O–H groups in total. The first-order valence-corrected chi connectivity index (χ1v) is 7.93. The zero-order chi connectivity index (χ0) is 16.9. The summed E-state index contributed by atoms with van der Waals surface area (Å²) in [5.41, 5.74) is 0. The Morgan fingerprint density at radius 2 is 1.61 bits per heavy atom. The highest BCUT2D eigenvalue weighted by Crippen LogP contribution is 2.41. The lowest BCUT2D eigenvalue weighted by atomic mass is 9.80. The van der Waals surface area contributed by atoms with Crippen LogP contribution in [0.2, 0.25) is 0 Å². The van der Waals surface area contributed by atoms with Crippen molar-refractivity contribution < 1.29 is 34.6 Å². The van der Waals surface area contributed by atoms with Crippen molar-refractivity contribution in [3.63, 3.8) is 0 Å². The average molecular weight is 334 g/mol. The third-order valence-corrected chi connectivity index (χ3v) is 5.12. The molecule has 9 heteroatoms. The van der Waals surface area contributed by atoms with E-state index in [2.05, 4.69) is 10.6 Å². The van der Waals surface area contributed by atoms with Crippen molar-refractivity contribution in [3.05, 3.63) is 0 Å². The highest BCUT2D eigenvalue weighted by atomic mass is 16.8. The van der Waals surface area contributed by atoms with Crippen molar-refractivity contribution in [1.82, 2.24) is 10.6 Å². The van der Waals surface area contributed by atoms with Crippen LogP contribution in [0, 0.1) is 0 Å². The van der Waals surface area contributed by atoms with Crippen molar-refractivity contribution in [1.29, 1.82) is 0 Å². The molecule has 0 spiro atoms. The van der Waals surface area contributed by atoms with E-state index in [4.69, 9.17) is 14.2 Å². The van der Waals surface area contributed by atoms with E-state index in [0.29, 0.717) is 0 Å². The van der Waals surface area contributed by atoms with Crippen LogP contribution in [0.25, 0.3) is 0 Å².